The zero-order valence-corrected chi connectivity index (χ0v) is 12.1. The fraction of sp³-hybridized carbons (Fsp3) is 0.231. The second kappa shape index (κ2) is 5.59. The van der Waals surface area contributed by atoms with E-state index in [2.05, 4.69) is 4.98 Å². The third kappa shape index (κ3) is 3.24. The van der Waals surface area contributed by atoms with Crippen molar-refractivity contribution in [2.45, 2.75) is 13.5 Å². The van der Waals surface area contributed by atoms with Crippen molar-refractivity contribution >= 4 is 34.7 Å². The summed E-state index contributed by atoms with van der Waals surface area (Å²) in [7, 11) is 1.92. The van der Waals surface area contributed by atoms with Gasteiger partial charge >= 0.3 is 5.97 Å². The molecule has 0 saturated heterocycles. The van der Waals surface area contributed by atoms with Crippen LogP contribution in [0.2, 0.25) is 4.34 Å². The molecule has 100 valence electrons. The van der Waals surface area contributed by atoms with Crippen LogP contribution in [-0.2, 0) is 6.54 Å². The Kier molecular flexibility index (Phi) is 4.07. The van der Waals surface area contributed by atoms with Crippen molar-refractivity contribution in [2.24, 2.45) is 0 Å². The van der Waals surface area contributed by atoms with E-state index in [0.717, 1.165) is 20.6 Å². The molecule has 0 amide bonds. The van der Waals surface area contributed by atoms with Crippen molar-refractivity contribution < 1.29 is 9.90 Å². The number of hydrogen-bond donors (Lipinski definition) is 1. The molecule has 2 aromatic rings. The number of aromatic nitrogens is 1. The van der Waals surface area contributed by atoms with E-state index in [0.29, 0.717) is 6.54 Å². The van der Waals surface area contributed by atoms with Crippen molar-refractivity contribution in [3.8, 4) is 0 Å². The Bertz CT molecular complexity index is 612. The molecule has 2 heterocycles. The van der Waals surface area contributed by atoms with Crippen molar-refractivity contribution in [2.75, 3.05) is 11.9 Å². The Morgan fingerprint density at radius 3 is 2.79 bits per heavy atom. The predicted octanol–water partition coefficient (Wildman–Crippen LogP) is 3.44. The first kappa shape index (κ1) is 13.8. The maximum absolute atomic E-state index is 10.9. The van der Waals surface area contributed by atoms with E-state index >= 15 is 0 Å². The van der Waals surface area contributed by atoms with Gasteiger partial charge in [-0.15, -0.1) is 11.3 Å². The molecule has 0 aliphatic rings. The lowest BCUT2D eigenvalue weighted by molar-refractivity contribution is 0.0696. The number of hydrogen-bond acceptors (Lipinski definition) is 4. The monoisotopic (exact) mass is 296 g/mol. The van der Waals surface area contributed by atoms with Gasteiger partial charge in [-0.1, -0.05) is 11.6 Å². The first-order valence-corrected chi connectivity index (χ1v) is 6.82. The fourth-order valence-corrected chi connectivity index (χ4v) is 2.97. The number of pyridine rings is 1. The molecule has 0 aliphatic carbocycles. The molecule has 1 N–H and O–H groups in total. The largest absolute Gasteiger partial charge is 0.478 e. The molecule has 0 aromatic carbocycles. The van der Waals surface area contributed by atoms with E-state index < -0.39 is 5.97 Å². The third-order valence-electron chi connectivity index (χ3n) is 2.68. The van der Waals surface area contributed by atoms with E-state index in [9.17, 15) is 4.79 Å². The Morgan fingerprint density at radius 2 is 2.26 bits per heavy atom. The van der Waals surface area contributed by atoms with Gasteiger partial charge < -0.3 is 10.0 Å². The molecule has 6 heteroatoms. The lowest BCUT2D eigenvalue weighted by Gasteiger charge is -2.19. The standard InChI is InChI=1S/C13H13ClN2O2S/c1-8-5-9(13(17)18)6-15-12(8)16(2)7-10-3-4-11(14)19-10/h3-6H,7H2,1-2H3,(H,17,18). The second-order valence-electron chi connectivity index (χ2n) is 4.23. The summed E-state index contributed by atoms with van der Waals surface area (Å²) in [5, 5.41) is 8.91. The third-order valence-corrected chi connectivity index (χ3v) is 3.90. The SMILES string of the molecule is Cc1cc(C(=O)O)cnc1N(C)Cc1ccc(Cl)s1. The van der Waals surface area contributed by atoms with E-state index in [1.54, 1.807) is 6.07 Å². The van der Waals surface area contributed by atoms with Gasteiger partial charge in [0.25, 0.3) is 0 Å². The van der Waals surface area contributed by atoms with Crippen LogP contribution >= 0.6 is 22.9 Å². The van der Waals surface area contributed by atoms with Crippen LogP contribution in [0, 0.1) is 6.92 Å². The maximum Gasteiger partial charge on any atom is 0.337 e. The quantitative estimate of drug-likeness (QED) is 0.939. The first-order chi connectivity index (χ1) is 8.97. The van der Waals surface area contributed by atoms with Crippen LogP contribution in [0.1, 0.15) is 20.8 Å². The number of aromatic carboxylic acids is 1. The van der Waals surface area contributed by atoms with Crippen LogP contribution in [0.5, 0.6) is 0 Å². The molecule has 0 unspecified atom stereocenters. The van der Waals surface area contributed by atoms with Crippen LogP contribution in [0.15, 0.2) is 24.4 Å². The highest BCUT2D eigenvalue weighted by Gasteiger charge is 2.11. The Balaban J connectivity index is 2.19. The van der Waals surface area contributed by atoms with Gasteiger partial charge in [-0.2, -0.15) is 0 Å². The first-order valence-electron chi connectivity index (χ1n) is 5.62. The molecule has 0 aliphatic heterocycles. The molecule has 2 rings (SSSR count). The number of anilines is 1. The second-order valence-corrected chi connectivity index (χ2v) is 6.03. The molecule has 19 heavy (non-hydrogen) atoms. The molecule has 0 radical (unpaired) electrons. The number of carboxylic acid groups (broad SMARTS) is 1. The number of aryl methyl sites for hydroxylation is 1. The summed E-state index contributed by atoms with van der Waals surface area (Å²) in [6.07, 6.45) is 1.38. The molecule has 0 bridgehead atoms. The number of halogens is 1. The summed E-state index contributed by atoms with van der Waals surface area (Å²) >= 11 is 7.42. The highest BCUT2D eigenvalue weighted by molar-refractivity contribution is 7.16. The molecule has 0 fully saturated rings. The van der Waals surface area contributed by atoms with Gasteiger partial charge in [0.1, 0.15) is 5.82 Å². The Morgan fingerprint density at radius 1 is 1.53 bits per heavy atom. The van der Waals surface area contributed by atoms with Gasteiger partial charge in [-0.3, -0.25) is 0 Å². The predicted molar refractivity (Wildman–Crippen MR) is 77.4 cm³/mol. The summed E-state index contributed by atoms with van der Waals surface area (Å²) < 4.78 is 0.759. The Labute approximate surface area is 120 Å². The van der Waals surface area contributed by atoms with Crippen LogP contribution in [0.25, 0.3) is 0 Å². The van der Waals surface area contributed by atoms with Crippen LogP contribution in [0.4, 0.5) is 5.82 Å². The minimum Gasteiger partial charge on any atom is -0.478 e. The van der Waals surface area contributed by atoms with Crippen molar-refractivity contribution in [1.82, 2.24) is 4.98 Å². The minimum absolute atomic E-state index is 0.203. The number of nitrogens with zero attached hydrogens (tertiary/aromatic N) is 2. The van der Waals surface area contributed by atoms with Gasteiger partial charge in [-0.25, -0.2) is 9.78 Å². The number of carbonyl (C=O) groups is 1. The summed E-state index contributed by atoms with van der Waals surface area (Å²) in [5.74, 6) is -0.190. The highest BCUT2D eigenvalue weighted by atomic mass is 35.5. The fourth-order valence-electron chi connectivity index (χ4n) is 1.83. The van der Waals surface area contributed by atoms with Crippen molar-refractivity contribution in [3.05, 3.63) is 44.7 Å². The molecule has 0 atom stereocenters. The van der Waals surface area contributed by atoms with Gasteiger partial charge in [-0.05, 0) is 30.7 Å². The summed E-state index contributed by atoms with van der Waals surface area (Å²) in [5.41, 5.74) is 1.04. The number of carboxylic acids is 1. The molecule has 0 saturated carbocycles. The van der Waals surface area contributed by atoms with Crippen molar-refractivity contribution in [3.63, 3.8) is 0 Å². The van der Waals surface area contributed by atoms with Gasteiger partial charge in [0, 0.05) is 18.1 Å². The van der Waals surface area contributed by atoms with Crippen LogP contribution < -0.4 is 4.90 Å². The summed E-state index contributed by atoms with van der Waals surface area (Å²) in [4.78, 5) is 18.2. The minimum atomic E-state index is -0.963. The lowest BCUT2D eigenvalue weighted by atomic mass is 10.2. The van der Waals surface area contributed by atoms with Gasteiger partial charge in [0.2, 0.25) is 0 Å². The van der Waals surface area contributed by atoms with E-state index in [4.69, 9.17) is 16.7 Å². The van der Waals surface area contributed by atoms with Crippen LogP contribution in [0.3, 0.4) is 0 Å². The van der Waals surface area contributed by atoms with E-state index in [-0.39, 0.29) is 5.56 Å². The zero-order valence-electron chi connectivity index (χ0n) is 10.6. The lowest BCUT2D eigenvalue weighted by Crippen LogP contribution is -2.18. The topological polar surface area (TPSA) is 53.4 Å². The highest BCUT2D eigenvalue weighted by Crippen LogP contribution is 2.25. The van der Waals surface area contributed by atoms with E-state index in [1.807, 2.05) is 31.0 Å². The van der Waals surface area contributed by atoms with Gasteiger partial charge in [0.05, 0.1) is 16.4 Å². The summed E-state index contributed by atoms with van der Waals surface area (Å²) in [6.45, 7) is 2.55. The Hall–Kier alpha value is -1.59. The van der Waals surface area contributed by atoms with Crippen molar-refractivity contribution in [1.29, 1.82) is 0 Å². The molecule has 0 spiro atoms. The molecular formula is C13H13ClN2O2S. The molecular weight excluding hydrogens is 284 g/mol. The normalized spacial score (nSPS) is 10.5. The molecule has 4 nitrogen and oxygen atoms in total. The van der Waals surface area contributed by atoms with Crippen LogP contribution in [-0.4, -0.2) is 23.1 Å². The van der Waals surface area contributed by atoms with E-state index in [1.165, 1.54) is 17.5 Å². The number of rotatable bonds is 4. The average molecular weight is 297 g/mol. The smallest absolute Gasteiger partial charge is 0.337 e. The zero-order chi connectivity index (χ0) is 14.0. The summed E-state index contributed by atoms with van der Waals surface area (Å²) in [6, 6.07) is 5.47. The molecule has 2 aromatic heterocycles. The maximum atomic E-state index is 10.9. The van der Waals surface area contributed by atoms with Gasteiger partial charge in [0.15, 0.2) is 0 Å². The number of thiophene rings is 1. The average Bonchev–Trinajstić information content (AvgIpc) is 2.74.